The van der Waals surface area contributed by atoms with E-state index in [4.69, 9.17) is 0 Å². The second-order valence-electron chi connectivity index (χ2n) is 5.84. The molecule has 2 aromatic rings. The highest BCUT2D eigenvalue weighted by Crippen LogP contribution is 2.31. The molecule has 1 aromatic heterocycles. The van der Waals surface area contributed by atoms with Crippen molar-refractivity contribution in [2.45, 2.75) is 23.0 Å². The minimum Gasteiger partial charge on any atom is -0.322 e. The molecule has 3 rings (SSSR count). The van der Waals surface area contributed by atoms with E-state index in [9.17, 15) is 4.79 Å². The summed E-state index contributed by atoms with van der Waals surface area (Å²) in [4.78, 5) is 19.7. The largest absolute Gasteiger partial charge is 0.322 e. The number of piperidine rings is 1. The lowest BCUT2D eigenvalue weighted by molar-refractivity contribution is 0.102. The first-order chi connectivity index (χ1) is 11.2. The molecule has 0 bridgehead atoms. The number of anilines is 1. The summed E-state index contributed by atoms with van der Waals surface area (Å²) in [7, 11) is 2.18. The quantitative estimate of drug-likeness (QED) is 0.933. The Morgan fingerprint density at radius 1 is 1.22 bits per heavy atom. The maximum Gasteiger partial charge on any atom is 0.255 e. The zero-order chi connectivity index (χ0) is 16.1. The zero-order valence-corrected chi connectivity index (χ0v) is 14.1. The van der Waals surface area contributed by atoms with E-state index in [2.05, 4.69) is 34.4 Å². The van der Waals surface area contributed by atoms with Crippen LogP contribution in [0.3, 0.4) is 0 Å². The van der Waals surface area contributed by atoms with E-state index in [-0.39, 0.29) is 5.91 Å². The van der Waals surface area contributed by atoms with Crippen LogP contribution in [0.15, 0.2) is 53.7 Å². The van der Waals surface area contributed by atoms with Gasteiger partial charge in [0.05, 0.1) is 0 Å². The highest BCUT2D eigenvalue weighted by molar-refractivity contribution is 8.00. The van der Waals surface area contributed by atoms with Gasteiger partial charge in [0.25, 0.3) is 5.91 Å². The zero-order valence-electron chi connectivity index (χ0n) is 13.2. The van der Waals surface area contributed by atoms with Crippen molar-refractivity contribution in [2.24, 2.45) is 0 Å². The molecule has 1 saturated heterocycles. The van der Waals surface area contributed by atoms with Crippen molar-refractivity contribution in [2.75, 3.05) is 25.5 Å². The highest BCUT2D eigenvalue weighted by Gasteiger charge is 2.17. The number of benzene rings is 1. The van der Waals surface area contributed by atoms with E-state index in [1.165, 1.54) is 17.7 Å². The van der Waals surface area contributed by atoms with E-state index in [0.717, 1.165) is 18.8 Å². The van der Waals surface area contributed by atoms with Crippen LogP contribution in [-0.4, -0.2) is 41.2 Å². The van der Waals surface area contributed by atoms with Crippen LogP contribution < -0.4 is 5.32 Å². The smallest absolute Gasteiger partial charge is 0.255 e. The summed E-state index contributed by atoms with van der Waals surface area (Å²) in [5.41, 5.74) is 1.46. The van der Waals surface area contributed by atoms with Gasteiger partial charge in [-0.25, -0.2) is 0 Å². The van der Waals surface area contributed by atoms with Crippen molar-refractivity contribution in [1.82, 2.24) is 9.88 Å². The lowest BCUT2D eigenvalue weighted by atomic mass is 10.1. The molecule has 1 N–H and O–H groups in total. The number of hydrogen-bond donors (Lipinski definition) is 1. The molecule has 4 nitrogen and oxygen atoms in total. The van der Waals surface area contributed by atoms with Crippen LogP contribution in [-0.2, 0) is 0 Å². The molecule has 1 aromatic carbocycles. The predicted molar refractivity (Wildman–Crippen MR) is 95.0 cm³/mol. The summed E-state index contributed by atoms with van der Waals surface area (Å²) in [5.74, 6) is -0.103. The molecule has 0 saturated carbocycles. The highest BCUT2D eigenvalue weighted by atomic mass is 32.2. The maximum atomic E-state index is 12.2. The van der Waals surface area contributed by atoms with Gasteiger partial charge in [0.2, 0.25) is 0 Å². The number of carbonyl (C=O) groups is 1. The summed E-state index contributed by atoms with van der Waals surface area (Å²) >= 11 is 1.92. The van der Waals surface area contributed by atoms with Crippen molar-refractivity contribution in [3.05, 3.63) is 54.4 Å². The van der Waals surface area contributed by atoms with Gasteiger partial charge >= 0.3 is 0 Å². The molecule has 1 amide bonds. The lowest BCUT2D eigenvalue weighted by Gasteiger charge is -2.28. The molecular formula is C18H21N3OS. The number of rotatable bonds is 4. The van der Waals surface area contributed by atoms with Gasteiger partial charge in [-0.05, 0) is 63.3 Å². The number of pyridine rings is 1. The summed E-state index contributed by atoms with van der Waals surface area (Å²) in [6, 6.07) is 11.5. The van der Waals surface area contributed by atoms with Gasteiger partial charge in [-0.3, -0.25) is 9.78 Å². The number of amides is 1. The second-order valence-corrected chi connectivity index (χ2v) is 7.21. The molecule has 120 valence electrons. The van der Waals surface area contributed by atoms with Gasteiger partial charge in [0.1, 0.15) is 0 Å². The average molecular weight is 327 g/mol. The Balaban J connectivity index is 1.62. The molecule has 0 radical (unpaired) electrons. The first kappa shape index (κ1) is 16.0. The van der Waals surface area contributed by atoms with Crippen LogP contribution in [0.4, 0.5) is 5.69 Å². The van der Waals surface area contributed by atoms with E-state index in [0.29, 0.717) is 10.8 Å². The van der Waals surface area contributed by atoms with E-state index in [1.807, 2.05) is 23.9 Å². The van der Waals surface area contributed by atoms with Gasteiger partial charge in [-0.2, -0.15) is 0 Å². The number of carbonyl (C=O) groups excluding carboxylic acids is 1. The van der Waals surface area contributed by atoms with E-state index in [1.54, 1.807) is 24.5 Å². The summed E-state index contributed by atoms with van der Waals surface area (Å²) in [5, 5.41) is 3.62. The SMILES string of the molecule is CN1CCC(Sc2cccc(NC(=O)c3ccncc3)c2)CC1. The minimum atomic E-state index is -0.103. The Labute approximate surface area is 141 Å². The molecule has 2 heterocycles. The van der Waals surface area contributed by atoms with Crippen molar-refractivity contribution in [3.63, 3.8) is 0 Å². The monoisotopic (exact) mass is 327 g/mol. The van der Waals surface area contributed by atoms with Gasteiger partial charge in [-0.15, -0.1) is 11.8 Å². The Hall–Kier alpha value is -1.85. The molecule has 0 spiro atoms. The molecule has 1 aliphatic rings. The topological polar surface area (TPSA) is 45.2 Å². The van der Waals surface area contributed by atoms with Crippen LogP contribution in [0.2, 0.25) is 0 Å². The summed E-state index contributed by atoms with van der Waals surface area (Å²) in [6.07, 6.45) is 5.69. The molecule has 0 aliphatic carbocycles. The normalized spacial score (nSPS) is 16.2. The van der Waals surface area contributed by atoms with Crippen molar-refractivity contribution in [1.29, 1.82) is 0 Å². The van der Waals surface area contributed by atoms with Crippen molar-refractivity contribution < 1.29 is 4.79 Å². The number of hydrogen-bond acceptors (Lipinski definition) is 4. The molecule has 1 fully saturated rings. The molecule has 1 aliphatic heterocycles. The third-order valence-electron chi connectivity index (χ3n) is 4.00. The molecule has 23 heavy (non-hydrogen) atoms. The molecule has 5 heteroatoms. The fourth-order valence-corrected chi connectivity index (χ4v) is 3.83. The molecule has 0 atom stereocenters. The fourth-order valence-electron chi connectivity index (χ4n) is 2.65. The summed E-state index contributed by atoms with van der Waals surface area (Å²) in [6.45, 7) is 2.33. The minimum absolute atomic E-state index is 0.103. The van der Waals surface area contributed by atoms with E-state index >= 15 is 0 Å². The van der Waals surface area contributed by atoms with Crippen molar-refractivity contribution >= 4 is 23.4 Å². The van der Waals surface area contributed by atoms with Crippen molar-refractivity contribution in [3.8, 4) is 0 Å². The lowest BCUT2D eigenvalue weighted by Crippen LogP contribution is -2.31. The summed E-state index contributed by atoms with van der Waals surface area (Å²) < 4.78 is 0. The number of nitrogens with zero attached hydrogens (tertiary/aromatic N) is 2. The third kappa shape index (κ3) is 4.56. The number of nitrogens with one attached hydrogen (secondary N) is 1. The van der Waals surface area contributed by atoms with Gasteiger partial charge < -0.3 is 10.2 Å². The Morgan fingerprint density at radius 3 is 2.70 bits per heavy atom. The van der Waals surface area contributed by atoms with Gasteiger partial charge in [-0.1, -0.05) is 6.07 Å². The first-order valence-electron chi connectivity index (χ1n) is 7.87. The molecular weight excluding hydrogens is 306 g/mol. The van der Waals surface area contributed by atoms with Gasteiger partial charge in [0, 0.05) is 33.8 Å². The molecule has 0 unspecified atom stereocenters. The van der Waals surface area contributed by atoms with Crippen LogP contribution >= 0.6 is 11.8 Å². The number of likely N-dealkylation sites (tertiary alicyclic amines) is 1. The van der Waals surface area contributed by atoms with Crippen LogP contribution in [0, 0.1) is 0 Å². The predicted octanol–water partition coefficient (Wildman–Crippen LogP) is 3.52. The fraction of sp³-hybridized carbons (Fsp3) is 0.333. The van der Waals surface area contributed by atoms with Crippen LogP contribution in [0.5, 0.6) is 0 Å². The maximum absolute atomic E-state index is 12.2. The van der Waals surface area contributed by atoms with E-state index < -0.39 is 0 Å². The first-order valence-corrected chi connectivity index (χ1v) is 8.75. The Bertz CT molecular complexity index is 654. The Kier molecular flexibility index (Phi) is 5.31. The van der Waals surface area contributed by atoms with Crippen LogP contribution in [0.25, 0.3) is 0 Å². The average Bonchev–Trinajstić information content (AvgIpc) is 2.58. The number of aromatic nitrogens is 1. The number of thioether (sulfide) groups is 1. The standard InChI is InChI=1S/C18H21N3OS/c1-21-11-7-16(8-12-21)23-17-4-2-3-15(13-17)20-18(22)14-5-9-19-10-6-14/h2-6,9-10,13,16H,7-8,11-12H2,1H3,(H,20,22). The van der Waals surface area contributed by atoms with Gasteiger partial charge in [0.15, 0.2) is 0 Å². The Morgan fingerprint density at radius 2 is 1.96 bits per heavy atom. The van der Waals surface area contributed by atoms with Crippen LogP contribution in [0.1, 0.15) is 23.2 Å². The second kappa shape index (κ2) is 7.62. The third-order valence-corrected chi connectivity index (χ3v) is 5.33.